The molecule has 0 saturated carbocycles. The van der Waals surface area contributed by atoms with E-state index in [-0.39, 0.29) is 0 Å². The Morgan fingerprint density at radius 1 is 1.17 bits per heavy atom. The molecule has 1 aliphatic carbocycles. The van der Waals surface area contributed by atoms with Crippen molar-refractivity contribution in [3.05, 3.63) is 76.5 Å². The first-order valence-electron chi connectivity index (χ1n) is 10.7. The number of nitrogens with zero attached hydrogens (tertiary/aromatic N) is 1. The van der Waals surface area contributed by atoms with Gasteiger partial charge in [-0.3, -0.25) is 4.90 Å². The van der Waals surface area contributed by atoms with E-state index in [1.54, 1.807) is 12.1 Å². The van der Waals surface area contributed by atoms with Gasteiger partial charge in [-0.1, -0.05) is 30.3 Å². The molecule has 3 aromatic rings. The van der Waals surface area contributed by atoms with Gasteiger partial charge in [-0.2, -0.15) is 0 Å². The highest BCUT2D eigenvalue weighted by atomic mass is 16.4. The summed E-state index contributed by atoms with van der Waals surface area (Å²) in [4.78, 5) is 16.8. The molecule has 0 bridgehead atoms. The van der Waals surface area contributed by atoms with Gasteiger partial charge in [0.15, 0.2) is 0 Å². The lowest BCUT2D eigenvalue weighted by Gasteiger charge is -2.29. The van der Waals surface area contributed by atoms with E-state index >= 15 is 0 Å². The first-order valence-corrected chi connectivity index (χ1v) is 10.7. The number of unbranched alkanes of at least 4 members (excludes halogenated alkanes) is 1. The summed E-state index contributed by atoms with van der Waals surface area (Å²) in [5.41, 5.74) is 7.29. The van der Waals surface area contributed by atoms with Crippen LogP contribution in [0.2, 0.25) is 0 Å². The van der Waals surface area contributed by atoms with E-state index in [1.165, 1.54) is 22.3 Å². The highest BCUT2D eigenvalue weighted by molar-refractivity contribution is 5.94. The second kappa shape index (κ2) is 7.74. The van der Waals surface area contributed by atoms with Gasteiger partial charge in [-0.05, 0) is 72.2 Å². The number of carbonyl (C=O) groups is 1. The predicted octanol–water partition coefficient (Wildman–Crippen LogP) is 4.40. The third-order valence-corrected chi connectivity index (χ3v) is 6.55. The number of aromatic nitrogens is 1. The molecule has 0 fully saturated rings. The standard InChI is InChI=1S/C25H26N2O3/c28-24-21-7-2-1-6-19(21)20-10-12-27(15-22(20)24)11-4-3-5-17-14-26-23-13-16(25(29)30)8-9-18(17)23/h1-2,6-9,13-14,24,26,28H,3-5,10-12,15H2,(H,29,30). The van der Waals surface area contributed by atoms with E-state index in [2.05, 4.69) is 22.0 Å². The van der Waals surface area contributed by atoms with Crippen LogP contribution in [-0.4, -0.2) is 45.7 Å². The van der Waals surface area contributed by atoms with Gasteiger partial charge in [0.25, 0.3) is 0 Å². The zero-order valence-corrected chi connectivity index (χ0v) is 16.9. The maximum absolute atomic E-state index is 11.1. The molecule has 5 rings (SSSR count). The molecule has 30 heavy (non-hydrogen) atoms. The second-order valence-corrected chi connectivity index (χ2v) is 8.36. The molecule has 0 amide bonds. The summed E-state index contributed by atoms with van der Waals surface area (Å²) in [6.45, 7) is 2.94. The summed E-state index contributed by atoms with van der Waals surface area (Å²) in [7, 11) is 0. The number of aliphatic hydroxyl groups is 1. The molecule has 3 N–H and O–H groups in total. The molecule has 1 aliphatic heterocycles. The summed E-state index contributed by atoms with van der Waals surface area (Å²) in [6, 6.07) is 13.5. The maximum atomic E-state index is 11.1. The van der Waals surface area contributed by atoms with Gasteiger partial charge in [0.1, 0.15) is 6.10 Å². The van der Waals surface area contributed by atoms with E-state index in [9.17, 15) is 9.90 Å². The number of hydrogen-bond acceptors (Lipinski definition) is 3. The molecule has 154 valence electrons. The summed E-state index contributed by atoms with van der Waals surface area (Å²) >= 11 is 0. The SMILES string of the molecule is O=C(O)c1ccc2c(CCCCN3CCC4=C(C3)C(O)c3ccccc34)c[nH]c2c1. The maximum Gasteiger partial charge on any atom is 0.335 e. The number of aromatic amines is 1. The molecule has 5 heteroatoms. The number of aryl methyl sites for hydroxylation is 1. The number of aliphatic hydroxyl groups excluding tert-OH is 1. The fourth-order valence-corrected chi connectivity index (χ4v) is 4.97. The molecule has 1 unspecified atom stereocenters. The molecule has 0 saturated heterocycles. The third kappa shape index (κ3) is 3.34. The molecule has 2 aliphatic rings. The predicted molar refractivity (Wildman–Crippen MR) is 118 cm³/mol. The lowest BCUT2D eigenvalue weighted by Crippen LogP contribution is -2.32. The van der Waals surface area contributed by atoms with Crippen LogP contribution >= 0.6 is 0 Å². The summed E-state index contributed by atoms with van der Waals surface area (Å²) in [5.74, 6) is -0.900. The molecule has 1 atom stereocenters. The van der Waals surface area contributed by atoms with E-state index in [4.69, 9.17) is 5.11 Å². The molecular weight excluding hydrogens is 376 g/mol. The van der Waals surface area contributed by atoms with Crippen molar-refractivity contribution < 1.29 is 15.0 Å². The fraction of sp³-hybridized carbons (Fsp3) is 0.320. The molecule has 0 spiro atoms. The highest BCUT2D eigenvalue weighted by Crippen LogP contribution is 2.44. The molecule has 1 aromatic heterocycles. The average molecular weight is 402 g/mol. The Morgan fingerprint density at radius 2 is 2.03 bits per heavy atom. The van der Waals surface area contributed by atoms with Gasteiger partial charge in [0.2, 0.25) is 0 Å². The topological polar surface area (TPSA) is 76.6 Å². The van der Waals surface area contributed by atoms with Crippen molar-refractivity contribution in [1.82, 2.24) is 9.88 Å². The number of aromatic carboxylic acids is 1. The number of hydrogen-bond donors (Lipinski definition) is 3. The number of carboxylic acid groups (broad SMARTS) is 1. The van der Waals surface area contributed by atoms with Gasteiger partial charge >= 0.3 is 5.97 Å². The van der Waals surface area contributed by atoms with Crippen LogP contribution in [0.5, 0.6) is 0 Å². The average Bonchev–Trinajstić information content (AvgIpc) is 3.30. The van der Waals surface area contributed by atoms with E-state index in [0.29, 0.717) is 5.56 Å². The Balaban J connectivity index is 1.16. The van der Waals surface area contributed by atoms with Crippen molar-refractivity contribution in [2.75, 3.05) is 19.6 Å². The van der Waals surface area contributed by atoms with Crippen molar-refractivity contribution in [2.45, 2.75) is 31.8 Å². The van der Waals surface area contributed by atoms with Crippen LogP contribution in [0.4, 0.5) is 0 Å². The Labute approximate surface area is 175 Å². The molecular formula is C25H26N2O3. The minimum atomic E-state index is -0.900. The van der Waals surface area contributed by atoms with E-state index in [0.717, 1.165) is 61.8 Å². The quantitative estimate of drug-likeness (QED) is 0.534. The summed E-state index contributed by atoms with van der Waals surface area (Å²) < 4.78 is 0. The zero-order valence-electron chi connectivity index (χ0n) is 16.9. The smallest absolute Gasteiger partial charge is 0.335 e. The van der Waals surface area contributed by atoms with Crippen molar-refractivity contribution in [3.8, 4) is 0 Å². The lowest BCUT2D eigenvalue weighted by molar-refractivity contribution is 0.0697. The largest absolute Gasteiger partial charge is 0.478 e. The van der Waals surface area contributed by atoms with Gasteiger partial charge in [0, 0.05) is 30.2 Å². The van der Waals surface area contributed by atoms with E-state index < -0.39 is 12.1 Å². The van der Waals surface area contributed by atoms with Gasteiger partial charge in [0.05, 0.1) is 5.56 Å². The summed E-state index contributed by atoms with van der Waals surface area (Å²) in [6.07, 6.45) is 5.73. The minimum Gasteiger partial charge on any atom is -0.478 e. The number of rotatable bonds is 6. The van der Waals surface area contributed by atoms with Crippen LogP contribution in [0.3, 0.4) is 0 Å². The van der Waals surface area contributed by atoms with Gasteiger partial charge in [-0.25, -0.2) is 4.79 Å². The second-order valence-electron chi connectivity index (χ2n) is 8.36. The first-order chi connectivity index (χ1) is 14.6. The van der Waals surface area contributed by atoms with Gasteiger partial charge in [-0.15, -0.1) is 0 Å². The Bertz CT molecular complexity index is 1140. The Morgan fingerprint density at radius 3 is 2.90 bits per heavy atom. The zero-order chi connectivity index (χ0) is 20.7. The number of benzene rings is 2. The van der Waals surface area contributed by atoms with Crippen LogP contribution in [0.25, 0.3) is 16.5 Å². The molecule has 5 nitrogen and oxygen atoms in total. The minimum absolute atomic E-state index is 0.311. The van der Waals surface area contributed by atoms with Crippen LogP contribution in [-0.2, 0) is 6.42 Å². The Kier molecular flexibility index (Phi) is 4.93. The van der Waals surface area contributed by atoms with E-state index in [1.807, 2.05) is 24.4 Å². The highest BCUT2D eigenvalue weighted by Gasteiger charge is 2.32. The van der Waals surface area contributed by atoms with Crippen LogP contribution in [0.15, 0.2) is 54.2 Å². The lowest BCUT2D eigenvalue weighted by atomic mass is 9.98. The van der Waals surface area contributed by atoms with Crippen molar-refractivity contribution in [3.63, 3.8) is 0 Å². The molecule has 2 heterocycles. The van der Waals surface area contributed by atoms with Crippen molar-refractivity contribution in [1.29, 1.82) is 0 Å². The third-order valence-electron chi connectivity index (χ3n) is 6.55. The van der Waals surface area contributed by atoms with Crippen LogP contribution < -0.4 is 0 Å². The fourth-order valence-electron chi connectivity index (χ4n) is 4.97. The van der Waals surface area contributed by atoms with Gasteiger partial charge < -0.3 is 15.2 Å². The monoisotopic (exact) mass is 402 g/mol. The van der Waals surface area contributed by atoms with Crippen LogP contribution in [0.1, 0.15) is 52.4 Å². The Hall–Kier alpha value is -2.89. The summed E-state index contributed by atoms with van der Waals surface area (Å²) in [5, 5.41) is 21.0. The number of carboxylic acids is 1. The number of H-pyrrole nitrogens is 1. The normalized spacial score (nSPS) is 18.6. The van der Waals surface area contributed by atoms with Crippen molar-refractivity contribution in [2.24, 2.45) is 0 Å². The molecule has 2 aromatic carbocycles. The number of fused-ring (bicyclic) bond motifs is 3. The first kappa shape index (κ1) is 19.1. The van der Waals surface area contributed by atoms with Crippen molar-refractivity contribution >= 4 is 22.4 Å². The number of nitrogens with one attached hydrogen (secondary N) is 1. The van der Waals surface area contributed by atoms with Crippen LogP contribution in [0, 0.1) is 0 Å². The molecule has 0 radical (unpaired) electrons.